The fraction of sp³-hybridized carbons (Fsp3) is 0.389. The number of ether oxygens (including phenoxy) is 1. The van der Waals surface area contributed by atoms with Crippen molar-refractivity contribution in [1.82, 2.24) is 24.5 Å². The van der Waals surface area contributed by atoms with Gasteiger partial charge in [-0.15, -0.1) is 0 Å². The number of hydrogen-bond donors (Lipinski definition) is 7. The molecule has 0 saturated carbocycles. The lowest BCUT2D eigenvalue weighted by atomic mass is 10.1. The molecule has 3 unspecified atom stereocenters. The minimum Gasteiger partial charge on any atom is -0.505 e. The number of fused-ring (bicyclic) bond motifs is 1. The summed E-state index contributed by atoms with van der Waals surface area (Å²) in [6.45, 7) is -0.561. The monoisotopic (exact) mass is 656 g/mol. The molecule has 0 aromatic carbocycles. The summed E-state index contributed by atoms with van der Waals surface area (Å²) in [6.07, 6.45) is -2.67. The summed E-state index contributed by atoms with van der Waals surface area (Å²) < 4.78 is 60.3. The predicted octanol–water partition coefficient (Wildman–Crippen LogP) is -0.183. The van der Waals surface area contributed by atoms with Crippen LogP contribution in [0.5, 0.6) is 5.75 Å². The molecular formula is C18H23N6O15P3. The first-order valence-electron chi connectivity index (χ1n) is 11.3. The molecule has 3 aromatic heterocycles. The third-order valence-electron chi connectivity index (χ3n) is 5.67. The Labute approximate surface area is 234 Å². The van der Waals surface area contributed by atoms with Crippen molar-refractivity contribution in [2.24, 2.45) is 0 Å². The lowest BCUT2D eigenvalue weighted by molar-refractivity contribution is -0.0503. The van der Waals surface area contributed by atoms with E-state index in [1.807, 2.05) is 0 Å². The summed E-state index contributed by atoms with van der Waals surface area (Å²) in [5.41, 5.74) is 5.52. The Morgan fingerprint density at radius 1 is 1.02 bits per heavy atom. The van der Waals surface area contributed by atoms with Gasteiger partial charge < -0.3 is 40.5 Å². The number of aliphatic hydroxyl groups is 2. The van der Waals surface area contributed by atoms with Crippen LogP contribution in [-0.2, 0) is 42.7 Å². The fourth-order valence-electron chi connectivity index (χ4n) is 3.69. The van der Waals surface area contributed by atoms with Crippen molar-refractivity contribution in [2.75, 3.05) is 12.3 Å². The Morgan fingerprint density at radius 3 is 2.36 bits per heavy atom. The normalized spacial score (nSPS) is 25.1. The Balaban J connectivity index is 1.36. The number of carbonyl (C=O) groups excluding carboxylic acids is 1. The van der Waals surface area contributed by atoms with Gasteiger partial charge in [-0.1, -0.05) is 0 Å². The van der Waals surface area contributed by atoms with Gasteiger partial charge in [0.15, 0.2) is 24.0 Å². The van der Waals surface area contributed by atoms with Gasteiger partial charge in [0.2, 0.25) is 0 Å². The second kappa shape index (κ2) is 12.1. The number of pyridine rings is 1. The first-order valence-corrected chi connectivity index (χ1v) is 15.8. The van der Waals surface area contributed by atoms with E-state index >= 15 is 0 Å². The van der Waals surface area contributed by atoms with E-state index in [0.29, 0.717) is 0 Å². The van der Waals surface area contributed by atoms with Crippen LogP contribution >= 0.6 is 23.5 Å². The number of nitrogens with two attached hydrogens (primary N) is 1. The topological polar surface area (TPSA) is 318 Å². The van der Waals surface area contributed by atoms with Crippen molar-refractivity contribution in [3.63, 3.8) is 0 Å². The summed E-state index contributed by atoms with van der Waals surface area (Å²) in [5.74, 6) is -0.516. The molecule has 1 aliphatic rings. The first-order chi connectivity index (χ1) is 19.5. The Morgan fingerprint density at radius 2 is 1.69 bits per heavy atom. The van der Waals surface area contributed by atoms with Gasteiger partial charge in [0, 0.05) is 11.8 Å². The smallest absolute Gasteiger partial charge is 0.490 e. The van der Waals surface area contributed by atoms with Crippen LogP contribution in [0.3, 0.4) is 0 Å². The van der Waals surface area contributed by atoms with Gasteiger partial charge in [-0.3, -0.25) is 23.4 Å². The van der Waals surface area contributed by atoms with Crippen LogP contribution in [-0.4, -0.2) is 85.7 Å². The summed E-state index contributed by atoms with van der Waals surface area (Å²) in [6, 6.07) is 0. The standard InChI is InChI=1S/C18H23N6O15P3/c1-8-13(26)10(3-25)9(2-20-8)4-35-40(29,30)38-42(33,34)39-41(31,32)36-5-11-14(27)15(28)18(37-11)24-7-23-12-16(19)21-6-22-17(12)24/h2-3,6-7,11,14-15,18,26-28H,4-5H2,1H3,(H,29,30)(H,31,32)(H,33,34)(H2,19,21,22)/t11-,14-,15-,18-/m1/s1. The highest BCUT2D eigenvalue weighted by molar-refractivity contribution is 7.66. The van der Waals surface area contributed by atoms with Crippen molar-refractivity contribution in [3.8, 4) is 5.75 Å². The van der Waals surface area contributed by atoms with Gasteiger partial charge in [-0.25, -0.2) is 28.6 Å². The van der Waals surface area contributed by atoms with E-state index in [0.717, 1.165) is 12.5 Å². The lowest BCUT2D eigenvalue weighted by Crippen LogP contribution is -2.33. The van der Waals surface area contributed by atoms with Gasteiger partial charge in [0.05, 0.1) is 30.8 Å². The summed E-state index contributed by atoms with van der Waals surface area (Å²) in [7, 11) is -17.0. The molecule has 42 heavy (non-hydrogen) atoms. The average Bonchev–Trinajstić information content (AvgIpc) is 3.44. The lowest BCUT2D eigenvalue weighted by Gasteiger charge is -2.20. The van der Waals surface area contributed by atoms with E-state index < -0.39 is 67.0 Å². The largest absolute Gasteiger partial charge is 0.505 e. The zero-order chi connectivity index (χ0) is 31.0. The van der Waals surface area contributed by atoms with Gasteiger partial charge in [-0.05, 0) is 6.92 Å². The maximum Gasteiger partial charge on any atom is 0.490 e. The molecule has 21 nitrogen and oxygen atoms in total. The van der Waals surface area contributed by atoms with E-state index in [-0.39, 0.29) is 40.1 Å². The van der Waals surface area contributed by atoms with Crippen LogP contribution in [0.25, 0.3) is 11.2 Å². The number of aromatic nitrogens is 5. The van der Waals surface area contributed by atoms with Gasteiger partial charge in [0.1, 0.15) is 35.9 Å². The number of phosphoric acid groups is 3. The van der Waals surface area contributed by atoms with Crippen molar-refractivity contribution in [2.45, 2.75) is 38.1 Å². The van der Waals surface area contributed by atoms with Gasteiger partial charge in [0.25, 0.3) is 0 Å². The zero-order valence-electron chi connectivity index (χ0n) is 21.0. The number of phosphoric ester groups is 2. The number of aldehydes is 1. The minimum atomic E-state index is -5.87. The molecule has 0 bridgehead atoms. The van der Waals surface area contributed by atoms with Crippen molar-refractivity contribution in [3.05, 3.63) is 35.7 Å². The number of anilines is 1. The third-order valence-corrected chi connectivity index (χ3v) is 9.90. The molecule has 0 spiro atoms. The SMILES string of the molecule is Cc1ncc(COP(=O)(O)OP(=O)(O)OP(=O)(O)OC[C@H]2O[C@@H](n3cnc4c(N)ncnc43)[C@H](O)[C@@H]2O)c(C=O)c1O. The maximum atomic E-state index is 12.3. The molecular weight excluding hydrogens is 633 g/mol. The van der Waals surface area contributed by atoms with Crippen LogP contribution in [0.15, 0.2) is 18.9 Å². The maximum absolute atomic E-state index is 12.3. The number of nitrogen functional groups attached to an aromatic ring is 1. The van der Waals surface area contributed by atoms with Crippen molar-refractivity contribution >= 4 is 46.7 Å². The number of aryl methyl sites for hydroxylation is 1. The molecule has 230 valence electrons. The molecule has 0 radical (unpaired) electrons. The fourth-order valence-corrected chi connectivity index (χ4v) is 7.18. The number of imidazole rings is 1. The quantitative estimate of drug-likeness (QED) is 0.0981. The summed E-state index contributed by atoms with van der Waals surface area (Å²) >= 11 is 0. The summed E-state index contributed by atoms with van der Waals surface area (Å²) in [5, 5.41) is 30.6. The molecule has 7 atom stereocenters. The number of aromatic hydroxyl groups is 1. The van der Waals surface area contributed by atoms with Gasteiger partial charge >= 0.3 is 23.5 Å². The minimum absolute atomic E-state index is 0.0238. The molecule has 8 N–H and O–H groups in total. The van der Waals surface area contributed by atoms with Crippen LogP contribution in [0.4, 0.5) is 5.82 Å². The van der Waals surface area contributed by atoms with E-state index in [4.69, 9.17) is 10.5 Å². The number of aliphatic hydroxyl groups excluding tert-OH is 2. The predicted molar refractivity (Wildman–Crippen MR) is 134 cm³/mol. The highest BCUT2D eigenvalue weighted by Gasteiger charge is 2.47. The van der Waals surface area contributed by atoms with Crippen LogP contribution in [0.1, 0.15) is 27.8 Å². The Bertz CT molecular complexity index is 1640. The molecule has 24 heteroatoms. The summed E-state index contributed by atoms with van der Waals surface area (Å²) in [4.78, 5) is 56.1. The third kappa shape index (κ3) is 7.07. The average molecular weight is 656 g/mol. The van der Waals surface area contributed by atoms with Crippen LogP contribution < -0.4 is 5.73 Å². The zero-order valence-corrected chi connectivity index (χ0v) is 23.7. The first kappa shape index (κ1) is 32.2. The molecule has 1 fully saturated rings. The molecule has 4 heterocycles. The number of rotatable bonds is 12. The number of carbonyl (C=O) groups is 1. The van der Waals surface area contributed by atoms with E-state index in [1.165, 1.54) is 17.8 Å². The van der Waals surface area contributed by atoms with Crippen molar-refractivity contribution in [1.29, 1.82) is 0 Å². The highest BCUT2D eigenvalue weighted by Crippen LogP contribution is 2.68. The number of nitrogens with zero attached hydrogens (tertiary/aromatic N) is 5. The Hall–Kier alpha value is -2.74. The Kier molecular flexibility index (Phi) is 9.27. The van der Waals surface area contributed by atoms with E-state index in [9.17, 15) is 48.5 Å². The van der Waals surface area contributed by atoms with E-state index in [1.54, 1.807) is 0 Å². The second-order valence-corrected chi connectivity index (χ2v) is 13.2. The van der Waals surface area contributed by atoms with Crippen molar-refractivity contribution < 1.29 is 70.9 Å². The molecule has 1 aliphatic heterocycles. The molecule has 0 aliphatic carbocycles. The van der Waals surface area contributed by atoms with Crippen LogP contribution in [0.2, 0.25) is 0 Å². The van der Waals surface area contributed by atoms with Crippen LogP contribution in [0, 0.1) is 6.92 Å². The highest BCUT2D eigenvalue weighted by atomic mass is 31.3. The molecule has 3 aromatic rings. The number of hydrogen-bond acceptors (Lipinski definition) is 17. The van der Waals surface area contributed by atoms with E-state index in [2.05, 4.69) is 37.6 Å². The second-order valence-electron chi connectivity index (χ2n) is 8.52. The molecule has 1 saturated heterocycles. The molecule has 4 rings (SSSR count). The molecule has 0 amide bonds. The van der Waals surface area contributed by atoms with Gasteiger partial charge in [-0.2, -0.15) is 8.62 Å².